The third-order valence-electron chi connectivity index (χ3n) is 5.92. The summed E-state index contributed by atoms with van der Waals surface area (Å²) in [6.07, 6.45) is 11.6. The standard InChI is InChI=1S/C26H37ClN2O3/c1-5-19(3)11-9-7-8-10-16-31-26-28-17-22(18-29-26)21-12-14-23(15-13-21)32-25(30)24(27)20(4)6-2/h12-15,17-20,24H,5-11,16H2,1-4H3/t19-,20-,24-/m0/s1. The maximum Gasteiger partial charge on any atom is 0.329 e. The minimum Gasteiger partial charge on any atom is -0.463 e. The molecule has 0 bridgehead atoms. The summed E-state index contributed by atoms with van der Waals surface area (Å²) < 4.78 is 11.1. The molecule has 0 amide bonds. The normalized spacial score (nSPS) is 13.9. The Labute approximate surface area is 197 Å². The van der Waals surface area contributed by atoms with Crippen molar-refractivity contribution in [2.24, 2.45) is 11.8 Å². The number of rotatable bonds is 14. The highest BCUT2D eigenvalue weighted by molar-refractivity contribution is 6.30. The molecule has 2 rings (SSSR count). The summed E-state index contributed by atoms with van der Waals surface area (Å²) in [5.41, 5.74) is 1.80. The van der Waals surface area contributed by atoms with E-state index in [2.05, 4.69) is 23.8 Å². The van der Waals surface area contributed by atoms with E-state index in [1.807, 2.05) is 26.0 Å². The fourth-order valence-electron chi connectivity index (χ4n) is 3.18. The van der Waals surface area contributed by atoms with E-state index in [1.54, 1.807) is 24.5 Å². The third kappa shape index (κ3) is 8.78. The van der Waals surface area contributed by atoms with Crippen LogP contribution in [0.4, 0.5) is 0 Å². The van der Waals surface area contributed by atoms with Crippen LogP contribution >= 0.6 is 11.6 Å². The first-order chi connectivity index (χ1) is 15.4. The second-order valence-corrected chi connectivity index (χ2v) is 9.02. The first-order valence-electron chi connectivity index (χ1n) is 11.9. The number of halogens is 1. The predicted octanol–water partition coefficient (Wildman–Crippen LogP) is 7.08. The molecule has 6 heteroatoms. The van der Waals surface area contributed by atoms with Crippen LogP contribution in [-0.2, 0) is 4.79 Å². The van der Waals surface area contributed by atoms with Crippen molar-refractivity contribution in [3.05, 3.63) is 36.7 Å². The number of nitrogens with zero attached hydrogens (tertiary/aromatic N) is 2. The number of benzene rings is 1. The van der Waals surface area contributed by atoms with Crippen LogP contribution in [-0.4, -0.2) is 27.9 Å². The number of carbonyl (C=O) groups is 1. The van der Waals surface area contributed by atoms with E-state index in [1.165, 1.54) is 32.1 Å². The number of hydrogen-bond acceptors (Lipinski definition) is 5. The van der Waals surface area contributed by atoms with Gasteiger partial charge in [-0.3, -0.25) is 4.79 Å². The van der Waals surface area contributed by atoms with Gasteiger partial charge in [0, 0.05) is 18.0 Å². The molecule has 32 heavy (non-hydrogen) atoms. The van der Waals surface area contributed by atoms with Gasteiger partial charge in [-0.05, 0) is 36.0 Å². The van der Waals surface area contributed by atoms with Crippen molar-refractivity contribution >= 4 is 17.6 Å². The Bertz CT molecular complexity index is 796. The maximum absolute atomic E-state index is 12.1. The SMILES string of the molecule is CC[C@H](C)CCCCCCOc1ncc(-c2ccc(OC(=O)[C@@H](Cl)[C@@H](C)CC)cc2)cn1. The lowest BCUT2D eigenvalue weighted by atomic mass is 10.0. The highest BCUT2D eigenvalue weighted by atomic mass is 35.5. The van der Waals surface area contributed by atoms with Crippen molar-refractivity contribution in [3.63, 3.8) is 0 Å². The van der Waals surface area contributed by atoms with Gasteiger partial charge < -0.3 is 9.47 Å². The van der Waals surface area contributed by atoms with Gasteiger partial charge in [0.1, 0.15) is 11.1 Å². The summed E-state index contributed by atoms with van der Waals surface area (Å²) in [4.78, 5) is 20.7. The molecule has 176 valence electrons. The molecular weight excluding hydrogens is 424 g/mol. The Kier molecular flexibility index (Phi) is 11.5. The monoisotopic (exact) mass is 460 g/mol. The van der Waals surface area contributed by atoms with Gasteiger partial charge in [-0.25, -0.2) is 9.97 Å². The Morgan fingerprint density at radius 1 is 0.938 bits per heavy atom. The zero-order valence-electron chi connectivity index (χ0n) is 19.9. The van der Waals surface area contributed by atoms with Crippen LogP contribution in [0.25, 0.3) is 11.1 Å². The molecule has 1 heterocycles. The summed E-state index contributed by atoms with van der Waals surface area (Å²) in [6.45, 7) is 9.14. The lowest BCUT2D eigenvalue weighted by Gasteiger charge is -2.15. The van der Waals surface area contributed by atoms with Gasteiger partial charge in [0.2, 0.25) is 0 Å². The highest BCUT2D eigenvalue weighted by Crippen LogP contribution is 2.24. The first kappa shape index (κ1) is 26.1. The van der Waals surface area contributed by atoms with Crippen LogP contribution in [0.15, 0.2) is 36.7 Å². The Morgan fingerprint density at radius 2 is 1.59 bits per heavy atom. The van der Waals surface area contributed by atoms with E-state index in [9.17, 15) is 4.79 Å². The molecule has 0 aliphatic heterocycles. The van der Waals surface area contributed by atoms with Gasteiger partial charge in [0.15, 0.2) is 0 Å². The van der Waals surface area contributed by atoms with Crippen LogP contribution in [0.3, 0.4) is 0 Å². The number of carbonyl (C=O) groups excluding carboxylic acids is 1. The van der Waals surface area contributed by atoms with Crippen molar-refractivity contribution in [2.75, 3.05) is 6.61 Å². The van der Waals surface area contributed by atoms with E-state index in [4.69, 9.17) is 21.1 Å². The molecule has 0 aliphatic carbocycles. The van der Waals surface area contributed by atoms with Crippen molar-refractivity contribution in [1.29, 1.82) is 0 Å². The number of alkyl halides is 1. The number of hydrogen-bond donors (Lipinski definition) is 0. The fraction of sp³-hybridized carbons (Fsp3) is 0.577. The van der Waals surface area contributed by atoms with E-state index >= 15 is 0 Å². The molecule has 2 aromatic rings. The summed E-state index contributed by atoms with van der Waals surface area (Å²) in [6, 6.07) is 7.64. The molecule has 0 unspecified atom stereocenters. The summed E-state index contributed by atoms with van der Waals surface area (Å²) in [5.74, 6) is 0.944. The number of aromatic nitrogens is 2. The molecule has 0 spiro atoms. The van der Waals surface area contributed by atoms with Crippen molar-refractivity contribution < 1.29 is 14.3 Å². The van der Waals surface area contributed by atoms with Gasteiger partial charge in [-0.15, -0.1) is 11.6 Å². The predicted molar refractivity (Wildman–Crippen MR) is 130 cm³/mol. The lowest BCUT2D eigenvalue weighted by Crippen LogP contribution is -2.26. The van der Waals surface area contributed by atoms with Crippen LogP contribution in [0.1, 0.15) is 72.6 Å². The molecule has 0 N–H and O–H groups in total. The maximum atomic E-state index is 12.1. The molecule has 1 aromatic heterocycles. The zero-order chi connectivity index (χ0) is 23.3. The minimum absolute atomic E-state index is 0.0657. The van der Waals surface area contributed by atoms with Gasteiger partial charge in [0.25, 0.3) is 0 Å². The molecule has 5 nitrogen and oxygen atoms in total. The average Bonchev–Trinajstić information content (AvgIpc) is 2.83. The third-order valence-corrected chi connectivity index (χ3v) is 6.53. The van der Waals surface area contributed by atoms with E-state index in [0.29, 0.717) is 18.4 Å². The van der Waals surface area contributed by atoms with Crippen LogP contribution in [0.2, 0.25) is 0 Å². The number of ether oxygens (including phenoxy) is 2. The van der Waals surface area contributed by atoms with Crippen molar-refractivity contribution in [3.8, 4) is 22.9 Å². The summed E-state index contributed by atoms with van der Waals surface area (Å²) in [5, 5.41) is -0.648. The van der Waals surface area contributed by atoms with Crippen molar-refractivity contribution in [2.45, 2.75) is 78.0 Å². The van der Waals surface area contributed by atoms with Crippen LogP contribution < -0.4 is 9.47 Å². The second kappa shape index (κ2) is 14.1. The zero-order valence-corrected chi connectivity index (χ0v) is 20.6. The van der Waals surface area contributed by atoms with Gasteiger partial charge in [-0.1, -0.05) is 78.4 Å². The van der Waals surface area contributed by atoms with E-state index in [0.717, 1.165) is 29.9 Å². The molecule has 0 fully saturated rings. The van der Waals surface area contributed by atoms with Crippen LogP contribution in [0, 0.1) is 11.8 Å². The van der Waals surface area contributed by atoms with Gasteiger partial charge in [-0.2, -0.15) is 0 Å². The minimum atomic E-state index is -0.648. The molecule has 0 saturated carbocycles. The molecule has 1 aromatic carbocycles. The summed E-state index contributed by atoms with van der Waals surface area (Å²) in [7, 11) is 0. The molecular formula is C26H37ClN2O3. The average molecular weight is 461 g/mol. The second-order valence-electron chi connectivity index (χ2n) is 8.55. The van der Waals surface area contributed by atoms with Gasteiger partial charge in [0.05, 0.1) is 6.61 Å². The Hall–Kier alpha value is -2.14. The van der Waals surface area contributed by atoms with Crippen molar-refractivity contribution in [1.82, 2.24) is 9.97 Å². The fourth-order valence-corrected chi connectivity index (χ4v) is 3.41. The molecule has 0 radical (unpaired) electrons. The molecule has 0 aliphatic rings. The highest BCUT2D eigenvalue weighted by Gasteiger charge is 2.23. The van der Waals surface area contributed by atoms with E-state index < -0.39 is 11.3 Å². The summed E-state index contributed by atoms with van der Waals surface area (Å²) >= 11 is 6.16. The smallest absolute Gasteiger partial charge is 0.329 e. The lowest BCUT2D eigenvalue weighted by molar-refractivity contribution is -0.134. The topological polar surface area (TPSA) is 61.3 Å². The number of esters is 1. The Balaban J connectivity index is 1.76. The molecule has 3 atom stereocenters. The quantitative estimate of drug-likeness (QED) is 0.130. The Morgan fingerprint density at radius 3 is 2.22 bits per heavy atom. The number of unbranched alkanes of at least 4 members (excludes halogenated alkanes) is 3. The van der Waals surface area contributed by atoms with Crippen LogP contribution in [0.5, 0.6) is 11.8 Å². The van der Waals surface area contributed by atoms with Gasteiger partial charge >= 0.3 is 12.0 Å². The first-order valence-corrected chi connectivity index (χ1v) is 12.3. The molecule has 0 saturated heterocycles. The van der Waals surface area contributed by atoms with E-state index in [-0.39, 0.29) is 5.92 Å². The largest absolute Gasteiger partial charge is 0.463 e.